The Morgan fingerprint density at radius 3 is 2.21 bits per heavy atom. The molecule has 1 aliphatic rings. The van der Waals surface area contributed by atoms with Crippen LogP contribution in [0.25, 0.3) is 5.69 Å². The first kappa shape index (κ1) is 18.2. The van der Waals surface area contributed by atoms with Gasteiger partial charge in [0.15, 0.2) is 0 Å². The molecule has 3 aromatic rings. The molecule has 2 aromatic carbocycles. The van der Waals surface area contributed by atoms with Crippen LogP contribution in [0.15, 0.2) is 61.2 Å². The minimum absolute atomic E-state index is 0.0798. The van der Waals surface area contributed by atoms with Gasteiger partial charge in [0, 0.05) is 30.0 Å². The molecule has 1 aliphatic heterocycles. The number of hydrogen-bond donors (Lipinski definition) is 1. The average Bonchev–Trinajstić information content (AvgIpc) is 3.29. The van der Waals surface area contributed by atoms with Crippen LogP contribution in [-0.2, 0) is 4.74 Å². The topological polar surface area (TPSA) is 72.3 Å². The van der Waals surface area contributed by atoms with Gasteiger partial charge >= 0.3 is 0 Å². The third-order valence-electron chi connectivity index (χ3n) is 4.96. The van der Waals surface area contributed by atoms with Crippen molar-refractivity contribution in [2.75, 3.05) is 31.2 Å². The molecular formula is C21H23N5O2. The number of carbonyl (C=O) groups excluding carboxylic acids is 1. The average molecular weight is 377 g/mol. The molecule has 7 heteroatoms. The smallest absolute Gasteiger partial charge is 0.251 e. The van der Waals surface area contributed by atoms with E-state index in [9.17, 15) is 4.79 Å². The molecule has 1 aromatic heterocycles. The first-order valence-corrected chi connectivity index (χ1v) is 9.39. The second kappa shape index (κ2) is 8.22. The Balaban J connectivity index is 1.38. The summed E-state index contributed by atoms with van der Waals surface area (Å²) < 4.78 is 7.19. The van der Waals surface area contributed by atoms with Crippen molar-refractivity contribution in [3.63, 3.8) is 0 Å². The highest BCUT2D eigenvalue weighted by Crippen LogP contribution is 2.20. The monoisotopic (exact) mass is 377 g/mol. The standard InChI is InChI=1S/C21H23N5O2/c1-16(17-2-6-19(7-3-17)25-10-12-28-13-11-25)24-21(27)18-4-8-20(9-5-18)26-14-22-23-15-26/h2-9,14-16H,10-13H2,1H3,(H,24,27)/t16-/m1/s1. The number of amides is 1. The molecule has 144 valence electrons. The van der Waals surface area contributed by atoms with Crippen LogP contribution in [0.4, 0.5) is 5.69 Å². The fourth-order valence-electron chi connectivity index (χ4n) is 3.28. The molecule has 4 rings (SSSR count). The Labute approximate surface area is 164 Å². The number of nitrogens with zero attached hydrogens (tertiary/aromatic N) is 4. The Kier molecular flexibility index (Phi) is 5.34. The van der Waals surface area contributed by atoms with E-state index in [4.69, 9.17) is 4.74 Å². The molecule has 1 N–H and O–H groups in total. The van der Waals surface area contributed by atoms with Crippen LogP contribution in [0.2, 0.25) is 0 Å². The minimum Gasteiger partial charge on any atom is -0.378 e. The van der Waals surface area contributed by atoms with E-state index in [0.29, 0.717) is 5.56 Å². The maximum atomic E-state index is 12.6. The van der Waals surface area contributed by atoms with Gasteiger partial charge in [0.25, 0.3) is 5.91 Å². The fraction of sp³-hybridized carbons (Fsp3) is 0.286. The van der Waals surface area contributed by atoms with Gasteiger partial charge in [-0.25, -0.2) is 0 Å². The SMILES string of the molecule is C[C@@H](NC(=O)c1ccc(-n2cnnc2)cc1)c1ccc(N2CCOCC2)cc1. The molecule has 2 heterocycles. The summed E-state index contributed by atoms with van der Waals surface area (Å²) in [6.07, 6.45) is 3.25. The number of morpholine rings is 1. The molecule has 0 unspecified atom stereocenters. The van der Waals surface area contributed by atoms with Crippen molar-refractivity contribution < 1.29 is 9.53 Å². The number of carbonyl (C=O) groups is 1. The lowest BCUT2D eigenvalue weighted by molar-refractivity contribution is 0.0940. The molecule has 0 radical (unpaired) electrons. The minimum atomic E-state index is -0.0972. The normalized spacial score (nSPS) is 15.2. The quantitative estimate of drug-likeness (QED) is 0.740. The molecular weight excluding hydrogens is 354 g/mol. The summed E-state index contributed by atoms with van der Waals surface area (Å²) in [5, 5.41) is 10.6. The van der Waals surface area contributed by atoms with Gasteiger partial charge in [0.2, 0.25) is 0 Å². The maximum Gasteiger partial charge on any atom is 0.251 e. The van der Waals surface area contributed by atoms with Gasteiger partial charge in [0.05, 0.1) is 19.3 Å². The van der Waals surface area contributed by atoms with Crippen molar-refractivity contribution in [1.82, 2.24) is 20.1 Å². The lowest BCUT2D eigenvalue weighted by Gasteiger charge is -2.29. The molecule has 0 bridgehead atoms. The van der Waals surface area contributed by atoms with Gasteiger partial charge in [-0.2, -0.15) is 0 Å². The molecule has 28 heavy (non-hydrogen) atoms. The van der Waals surface area contributed by atoms with Crippen molar-refractivity contribution in [3.05, 3.63) is 72.3 Å². The molecule has 0 aliphatic carbocycles. The summed E-state index contributed by atoms with van der Waals surface area (Å²) in [5.41, 5.74) is 3.79. The van der Waals surface area contributed by atoms with Gasteiger partial charge in [-0.05, 0) is 48.9 Å². The van der Waals surface area contributed by atoms with Gasteiger partial charge < -0.3 is 15.0 Å². The van der Waals surface area contributed by atoms with Crippen LogP contribution in [-0.4, -0.2) is 47.0 Å². The molecule has 0 spiro atoms. The van der Waals surface area contributed by atoms with Crippen LogP contribution >= 0.6 is 0 Å². The van der Waals surface area contributed by atoms with E-state index in [1.807, 2.05) is 19.1 Å². The maximum absolute atomic E-state index is 12.6. The zero-order valence-electron chi connectivity index (χ0n) is 15.8. The third kappa shape index (κ3) is 4.04. The van der Waals surface area contributed by atoms with Gasteiger partial charge in [-0.1, -0.05) is 12.1 Å². The fourth-order valence-corrected chi connectivity index (χ4v) is 3.28. The summed E-state index contributed by atoms with van der Waals surface area (Å²) in [6.45, 7) is 5.36. The second-order valence-electron chi connectivity index (χ2n) is 6.80. The van der Waals surface area contributed by atoms with Crippen molar-refractivity contribution in [3.8, 4) is 5.69 Å². The number of rotatable bonds is 5. The number of benzene rings is 2. The van der Waals surface area contributed by atoms with E-state index in [1.54, 1.807) is 29.4 Å². The van der Waals surface area contributed by atoms with E-state index in [1.165, 1.54) is 5.69 Å². The third-order valence-corrected chi connectivity index (χ3v) is 4.96. The summed E-state index contributed by atoms with van der Waals surface area (Å²) in [5.74, 6) is -0.0972. The van der Waals surface area contributed by atoms with Crippen molar-refractivity contribution in [2.24, 2.45) is 0 Å². The van der Waals surface area contributed by atoms with Gasteiger partial charge in [-0.3, -0.25) is 9.36 Å². The van der Waals surface area contributed by atoms with Crippen molar-refractivity contribution >= 4 is 11.6 Å². The Morgan fingerprint density at radius 2 is 1.57 bits per heavy atom. The van der Waals surface area contributed by atoms with Crippen molar-refractivity contribution in [2.45, 2.75) is 13.0 Å². The lowest BCUT2D eigenvalue weighted by Crippen LogP contribution is -2.36. The summed E-state index contributed by atoms with van der Waals surface area (Å²) in [4.78, 5) is 14.9. The Hall–Kier alpha value is -3.19. The van der Waals surface area contributed by atoms with E-state index in [-0.39, 0.29) is 11.9 Å². The molecule has 1 amide bonds. The predicted octanol–water partition coefficient (Wildman–Crippen LogP) is 2.59. The first-order chi connectivity index (χ1) is 13.7. The molecule has 0 saturated carbocycles. The zero-order chi connectivity index (χ0) is 19.3. The lowest BCUT2D eigenvalue weighted by atomic mass is 10.1. The molecule has 1 atom stereocenters. The van der Waals surface area contributed by atoms with Crippen LogP contribution in [0.3, 0.4) is 0 Å². The molecule has 1 saturated heterocycles. The highest BCUT2D eigenvalue weighted by atomic mass is 16.5. The van der Waals surface area contributed by atoms with Gasteiger partial charge in [0.1, 0.15) is 12.7 Å². The predicted molar refractivity (Wildman–Crippen MR) is 107 cm³/mol. The molecule has 7 nitrogen and oxygen atoms in total. The van der Waals surface area contributed by atoms with Gasteiger partial charge in [-0.15, -0.1) is 10.2 Å². The van der Waals surface area contributed by atoms with Crippen LogP contribution in [0, 0.1) is 0 Å². The van der Waals surface area contributed by atoms with E-state index >= 15 is 0 Å². The zero-order valence-corrected chi connectivity index (χ0v) is 15.8. The Bertz CT molecular complexity index is 901. The van der Waals surface area contributed by atoms with E-state index in [0.717, 1.165) is 37.6 Å². The van der Waals surface area contributed by atoms with Crippen LogP contribution in [0.1, 0.15) is 28.9 Å². The van der Waals surface area contributed by atoms with E-state index < -0.39 is 0 Å². The largest absolute Gasteiger partial charge is 0.378 e. The number of hydrogen-bond acceptors (Lipinski definition) is 5. The summed E-state index contributed by atoms with van der Waals surface area (Å²) in [6, 6.07) is 15.6. The number of ether oxygens (including phenoxy) is 1. The summed E-state index contributed by atoms with van der Waals surface area (Å²) in [7, 11) is 0. The second-order valence-corrected chi connectivity index (χ2v) is 6.80. The highest BCUT2D eigenvalue weighted by molar-refractivity contribution is 5.94. The van der Waals surface area contributed by atoms with Crippen LogP contribution < -0.4 is 10.2 Å². The first-order valence-electron chi connectivity index (χ1n) is 9.39. The van der Waals surface area contributed by atoms with E-state index in [2.05, 4.69) is 44.7 Å². The Morgan fingerprint density at radius 1 is 0.964 bits per heavy atom. The summed E-state index contributed by atoms with van der Waals surface area (Å²) >= 11 is 0. The number of nitrogens with one attached hydrogen (secondary N) is 1. The van der Waals surface area contributed by atoms with Crippen molar-refractivity contribution in [1.29, 1.82) is 0 Å². The highest BCUT2D eigenvalue weighted by Gasteiger charge is 2.14. The number of aromatic nitrogens is 3. The number of anilines is 1. The molecule has 1 fully saturated rings. The van der Waals surface area contributed by atoms with Crippen LogP contribution in [0.5, 0.6) is 0 Å².